The van der Waals surface area contributed by atoms with Crippen molar-refractivity contribution in [2.75, 3.05) is 6.61 Å². The summed E-state index contributed by atoms with van der Waals surface area (Å²) in [5.74, 6) is 0. The zero-order valence-corrected chi connectivity index (χ0v) is 9.84. The van der Waals surface area contributed by atoms with Crippen LogP contribution >= 0.6 is 0 Å². The average molecular weight is 221 g/mol. The maximum atomic E-state index is 9.71. The van der Waals surface area contributed by atoms with Gasteiger partial charge in [-0.15, -0.1) is 0 Å². The molecule has 0 aliphatic carbocycles. The molecule has 1 N–H and O–H groups in total. The van der Waals surface area contributed by atoms with E-state index < -0.39 is 6.41 Å². The maximum absolute atomic E-state index is 9.71. The van der Waals surface area contributed by atoms with Gasteiger partial charge in [0.15, 0.2) is 0 Å². The zero-order chi connectivity index (χ0) is 11.5. The normalized spacial score (nSPS) is 26.5. The molecule has 88 valence electrons. The molecule has 16 heavy (non-hydrogen) atoms. The molecule has 0 aromatic heterocycles. The van der Waals surface area contributed by atoms with E-state index in [-0.39, 0.29) is 6.04 Å². The molecule has 1 saturated heterocycles. The number of hydrogen-bond acceptors (Lipinski definition) is 3. The summed E-state index contributed by atoms with van der Waals surface area (Å²) in [6.07, 6.45) is 0.185. The third-order valence-electron chi connectivity index (χ3n) is 3.02. The molecule has 1 aromatic rings. The molecule has 0 radical (unpaired) electrons. The van der Waals surface area contributed by atoms with Gasteiger partial charge in [0.2, 0.25) is 6.41 Å². The summed E-state index contributed by atoms with van der Waals surface area (Å²) in [5, 5.41) is 9.71. The van der Waals surface area contributed by atoms with Gasteiger partial charge in [-0.2, -0.15) is 0 Å². The van der Waals surface area contributed by atoms with Crippen molar-refractivity contribution < 1.29 is 9.84 Å². The summed E-state index contributed by atoms with van der Waals surface area (Å²) >= 11 is 0. The minimum absolute atomic E-state index is 0.275. The van der Waals surface area contributed by atoms with E-state index in [1.54, 1.807) is 0 Å². The third kappa shape index (κ3) is 2.43. The minimum atomic E-state index is -0.742. The van der Waals surface area contributed by atoms with E-state index in [1.165, 1.54) is 5.56 Å². The van der Waals surface area contributed by atoms with Gasteiger partial charge in [-0.3, -0.25) is 0 Å². The molecule has 0 bridgehead atoms. The molecule has 1 aliphatic heterocycles. The summed E-state index contributed by atoms with van der Waals surface area (Å²) in [6, 6.07) is 10.9. The van der Waals surface area contributed by atoms with E-state index in [0.717, 1.165) is 6.42 Å². The predicted molar refractivity (Wildman–Crippen MR) is 62.9 cm³/mol. The second-order valence-corrected chi connectivity index (χ2v) is 4.54. The largest absolute Gasteiger partial charge is 0.356 e. The minimum Gasteiger partial charge on any atom is -0.356 e. The lowest BCUT2D eigenvalue weighted by atomic mass is 10.1. The highest BCUT2D eigenvalue weighted by Gasteiger charge is 2.34. The first-order chi connectivity index (χ1) is 7.68. The zero-order valence-electron chi connectivity index (χ0n) is 9.84. The van der Waals surface area contributed by atoms with Crippen molar-refractivity contribution in [3.8, 4) is 0 Å². The van der Waals surface area contributed by atoms with Crippen LogP contribution in [0.25, 0.3) is 0 Å². The van der Waals surface area contributed by atoms with Gasteiger partial charge in [0.25, 0.3) is 0 Å². The molecule has 3 heteroatoms. The second-order valence-electron chi connectivity index (χ2n) is 4.54. The first-order valence-electron chi connectivity index (χ1n) is 5.79. The number of aliphatic hydroxyl groups is 1. The van der Waals surface area contributed by atoms with Gasteiger partial charge in [0.05, 0.1) is 6.61 Å². The molecule has 2 rings (SSSR count). The van der Waals surface area contributed by atoms with Gasteiger partial charge in [0.1, 0.15) is 0 Å². The lowest BCUT2D eigenvalue weighted by molar-refractivity contribution is -0.145. The molecular weight excluding hydrogens is 202 g/mol. The fourth-order valence-corrected chi connectivity index (χ4v) is 2.28. The Bertz CT molecular complexity index is 326. The summed E-state index contributed by atoms with van der Waals surface area (Å²) in [4.78, 5) is 2.02. The molecule has 0 spiro atoms. The van der Waals surface area contributed by atoms with Crippen molar-refractivity contribution >= 4 is 0 Å². The van der Waals surface area contributed by atoms with Crippen LogP contribution in [-0.2, 0) is 11.2 Å². The SMILES string of the molecule is CC(C)N1C(O)OC[C@H]1Cc1ccccc1. The summed E-state index contributed by atoms with van der Waals surface area (Å²) in [5.41, 5.74) is 1.29. The van der Waals surface area contributed by atoms with Crippen LogP contribution in [0, 0.1) is 0 Å². The molecule has 1 aliphatic rings. The van der Waals surface area contributed by atoms with Crippen molar-refractivity contribution in [1.82, 2.24) is 4.90 Å². The molecule has 1 fully saturated rings. The van der Waals surface area contributed by atoms with Gasteiger partial charge in [-0.05, 0) is 25.8 Å². The molecule has 3 nitrogen and oxygen atoms in total. The Hall–Kier alpha value is -0.900. The molecule has 1 aromatic carbocycles. The Morgan fingerprint density at radius 1 is 1.38 bits per heavy atom. The molecule has 1 unspecified atom stereocenters. The quantitative estimate of drug-likeness (QED) is 0.841. The number of hydrogen-bond donors (Lipinski definition) is 1. The fourth-order valence-electron chi connectivity index (χ4n) is 2.28. The molecule has 1 heterocycles. The second kappa shape index (κ2) is 4.95. The number of nitrogens with zero attached hydrogens (tertiary/aromatic N) is 1. The van der Waals surface area contributed by atoms with Crippen molar-refractivity contribution in [1.29, 1.82) is 0 Å². The molecule has 2 atom stereocenters. The Morgan fingerprint density at radius 2 is 2.06 bits per heavy atom. The Balaban J connectivity index is 2.05. The predicted octanol–water partition coefficient (Wildman–Crippen LogP) is 1.61. The van der Waals surface area contributed by atoms with E-state index in [2.05, 4.69) is 26.0 Å². The molecule has 0 amide bonds. The Kier molecular flexibility index (Phi) is 3.59. The van der Waals surface area contributed by atoms with Crippen LogP contribution in [0.2, 0.25) is 0 Å². The molecular formula is C13H19NO2. The van der Waals surface area contributed by atoms with E-state index in [4.69, 9.17) is 4.74 Å². The van der Waals surface area contributed by atoms with Crippen molar-refractivity contribution in [2.24, 2.45) is 0 Å². The van der Waals surface area contributed by atoms with E-state index in [0.29, 0.717) is 12.6 Å². The number of ether oxygens (including phenoxy) is 1. The number of benzene rings is 1. The van der Waals surface area contributed by atoms with Crippen LogP contribution in [-0.4, -0.2) is 35.1 Å². The molecule has 0 saturated carbocycles. The van der Waals surface area contributed by atoms with Crippen LogP contribution in [0.15, 0.2) is 30.3 Å². The standard InChI is InChI=1S/C13H19NO2/c1-10(2)14-12(9-16-13(14)15)8-11-6-4-3-5-7-11/h3-7,10,12-13,15H,8-9H2,1-2H3/t12-,13?/m1/s1. The number of aliphatic hydroxyl groups excluding tert-OH is 1. The average Bonchev–Trinajstić information content (AvgIpc) is 2.61. The van der Waals surface area contributed by atoms with Gasteiger partial charge >= 0.3 is 0 Å². The van der Waals surface area contributed by atoms with Crippen LogP contribution in [0.4, 0.5) is 0 Å². The van der Waals surface area contributed by atoms with E-state index >= 15 is 0 Å². The topological polar surface area (TPSA) is 32.7 Å². The van der Waals surface area contributed by atoms with Crippen molar-refractivity contribution in [3.63, 3.8) is 0 Å². The van der Waals surface area contributed by atoms with Gasteiger partial charge in [0, 0.05) is 12.1 Å². The lowest BCUT2D eigenvalue weighted by Crippen LogP contribution is -2.43. The third-order valence-corrected chi connectivity index (χ3v) is 3.02. The van der Waals surface area contributed by atoms with Crippen LogP contribution in [0.5, 0.6) is 0 Å². The van der Waals surface area contributed by atoms with Gasteiger partial charge in [-0.25, -0.2) is 4.90 Å². The van der Waals surface area contributed by atoms with Crippen molar-refractivity contribution in [3.05, 3.63) is 35.9 Å². The summed E-state index contributed by atoms with van der Waals surface area (Å²) in [7, 11) is 0. The van der Waals surface area contributed by atoms with E-state index in [1.807, 2.05) is 23.1 Å². The van der Waals surface area contributed by atoms with E-state index in [9.17, 15) is 5.11 Å². The van der Waals surface area contributed by atoms with Gasteiger partial charge in [-0.1, -0.05) is 30.3 Å². The van der Waals surface area contributed by atoms with Crippen LogP contribution < -0.4 is 0 Å². The summed E-state index contributed by atoms with van der Waals surface area (Å²) in [6.45, 7) is 4.76. The maximum Gasteiger partial charge on any atom is 0.216 e. The smallest absolute Gasteiger partial charge is 0.216 e. The Labute approximate surface area is 96.6 Å². The number of rotatable bonds is 3. The monoisotopic (exact) mass is 221 g/mol. The van der Waals surface area contributed by atoms with Crippen LogP contribution in [0.1, 0.15) is 19.4 Å². The first kappa shape index (κ1) is 11.6. The lowest BCUT2D eigenvalue weighted by Gasteiger charge is -2.28. The Morgan fingerprint density at radius 3 is 2.69 bits per heavy atom. The highest BCUT2D eigenvalue weighted by Crippen LogP contribution is 2.21. The van der Waals surface area contributed by atoms with Crippen LogP contribution in [0.3, 0.4) is 0 Å². The highest BCUT2D eigenvalue weighted by molar-refractivity contribution is 5.16. The van der Waals surface area contributed by atoms with Gasteiger partial charge < -0.3 is 9.84 Å². The fraction of sp³-hybridized carbons (Fsp3) is 0.538. The highest BCUT2D eigenvalue weighted by atomic mass is 16.6. The van der Waals surface area contributed by atoms with Crippen molar-refractivity contribution in [2.45, 2.75) is 38.8 Å². The summed E-state index contributed by atoms with van der Waals surface area (Å²) < 4.78 is 5.29. The first-order valence-corrected chi connectivity index (χ1v) is 5.79.